The number of anilines is 1. The first-order valence-corrected chi connectivity index (χ1v) is 19.8. The van der Waals surface area contributed by atoms with Crippen LogP contribution in [0.4, 0.5) is 5.13 Å². The average Bonchev–Trinajstić information content (AvgIpc) is 3.87. The molecule has 0 saturated carbocycles. The largest absolute Gasteiger partial charge is 0.508 e. The number of β-lactam (4-membered cyclic amide) rings is 1. The normalized spacial score (nSPS) is 19.0. The van der Waals surface area contributed by atoms with Crippen molar-refractivity contribution < 1.29 is 34.2 Å². The Morgan fingerprint density at radius 1 is 0.912 bits per heavy atom. The summed E-state index contributed by atoms with van der Waals surface area (Å²) in [6.45, 7) is 0.374. The molecule has 4 heterocycles. The number of carboxylic acid groups (broad SMARTS) is 1. The number of carbonyl (C=O) groups is 4. The van der Waals surface area contributed by atoms with Gasteiger partial charge in [0.2, 0.25) is 11.5 Å². The molecule has 0 aliphatic carbocycles. The number of hydrogen-bond acceptors (Lipinski definition) is 11. The van der Waals surface area contributed by atoms with E-state index < -0.39 is 34.8 Å². The molecule has 3 aliphatic rings. The SMILES string of the molecule is Nc1nc(C(=NOC(c2ccccc2)(c2ccccc2)c2ccccc2)C(=O)N[C@@H]2C(=O)N3C(C(=O)O)=C(C(=C4CCNC4=O)c4ccc(O)cc4)CS[C@H]23)cs1. The molecule has 13 nitrogen and oxygen atoms in total. The molecular formula is C42H34N6O7S2. The number of thioether (sulfide) groups is 1. The van der Waals surface area contributed by atoms with Crippen molar-refractivity contribution in [3.05, 3.63) is 165 Å². The van der Waals surface area contributed by atoms with Crippen molar-refractivity contribution in [3.63, 3.8) is 0 Å². The van der Waals surface area contributed by atoms with E-state index in [1.54, 1.807) is 17.5 Å². The van der Waals surface area contributed by atoms with Gasteiger partial charge in [0.05, 0.1) is 0 Å². The number of nitrogens with two attached hydrogens (primary N) is 1. The van der Waals surface area contributed by atoms with Crippen LogP contribution in [0.25, 0.3) is 5.57 Å². The third kappa shape index (κ3) is 6.80. The first kappa shape index (κ1) is 37.2. The Labute approximate surface area is 334 Å². The van der Waals surface area contributed by atoms with Gasteiger partial charge in [0.25, 0.3) is 11.8 Å². The van der Waals surface area contributed by atoms with Crippen molar-refractivity contribution in [1.82, 2.24) is 20.5 Å². The van der Waals surface area contributed by atoms with Crippen LogP contribution in [0.3, 0.4) is 0 Å². The molecule has 2 saturated heterocycles. The van der Waals surface area contributed by atoms with E-state index in [-0.39, 0.29) is 45.2 Å². The fourth-order valence-corrected chi connectivity index (χ4v) is 9.23. The number of hydrogen-bond donors (Lipinski definition) is 5. The average molecular weight is 799 g/mol. The summed E-state index contributed by atoms with van der Waals surface area (Å²) in [6.07, 6.45) is 0.345. The van der Waals surface area contributed by atoms with Crippen molar-refractivity contribution >= 4 is 63.2 Å². The van der Waals surface area contributed by atoms with E-state index in [1.165, 1.54) is 23.9 Å². The molecule has 5 aromatic rings. The van der Waals surface area contributed by atoms with Gasteiger partial charge >= 0.3 is 5.97 Å². The molecule has 0 unspecified atom stereocenters. The summed E-state index contributed by atoms with van der Waals surface area (Å²) < 4.78 is 0. The summed E-state index contributed by atoms with van der Waals surface area (Å²) in [5, 5.41) is 31.5. The smallest absolute Gasteiger partial charge is 0.352 e. The number of carbonyl (C=O) groups excluding carboxylic acids is 3. The molecule has 286 valence electrons. The van der Waals surface area contributed by atoms with Crippen molar-refractivity contribution in [1.29, 1.82) is 0 Å². The number of oxime groups is 1. The Kier molecular flexibility index (Phi) is 10.1. The first-order valence-electron chi connectivity index (χ1n) is 17.8. The molecule has 0 bridgehead atoms. The Balaban J connectivity index is 1.16. The molecule has 4 aromatic carbocycles. The monoisotopic (exact) mass is 798 g/mol. The maximum Gasteiger partial charge on any atom is 0.352 e. The molecule has 1 aromatic heterocycles. The standard InChI is InChI=1S/C42H34N6O7S2/c43-41-45-31(23-57-41)33(47-55-42(25-10-4-1-5-11-25,26-12-6-2-7-13-26)27-14-8-3-9-15-27)37(51)46-34-38(52)48-35(40(53)54)30(22-56-39(34)48)32(29-20-21-44-36(29)50)24-16-18-28(49)19-17-24/h1-19,23,34,39,49H,20-22H2,(H2,43,45)(H,44,50)(H,46,51)(H,53,54)/t34-,39-/m1/s1. The number of aromatic hydroxyl groups is 1. The van der Waals surface area contributed by atoms with Gasteiger partial charge in [-0.2, -0.15) is 0 Å². The van der Waals surface area contributed by atoms with Crippen LogP contribution in [0.2, 0.25) is 0 Å². The summed E-state index contributed by atoms with van der Waals surface area (Å²) in [5.74, 6) is -3.04. The maximum atomic E-state index is 14.3. The number of benzene rings is 4. The van der Waals surface area contributed by atoms with Crippen LogP contribution in [0.15, 0.2) is 143 Å². The van der Waals surface area contributed by atoms with Crippen LogP contribution in [0.1, 0.15) is 34.4 Å². The van der Waals surface area contributed by atoms with E-state index in [4.69, 9.17) is 10.6 Å². The number of nitrogen functional groups attached to an aromatic ring is 1. The summed E-state index contributed by atoms with van der Waals surface area (Å²) in [5.41, 5.74) is 8.03. The lowest BCUT2D eigenvalue weighted by Gasteiger charge is -2.49. The van der Waals surface area contributed by atoms with Gasteiger partial charge in [0, 0.05) is 45.5 Å². The lowest BCUT2D eigenvalue weighted by atomic mass is 9.80. The number of fused-ring (bicyclic) bond motifs is 1. The predicted octanol–water partition coefficient (Wildman–Crippen LogP) is 4.86. The van der Waals surface area contributed by atoms with Gasteiger partial charge in [-0.3, -0.25) is 19.3 Å². The predicted molar refractivity (Wildman–Crippen MR) is 216 cm³/mol. The Bertz CT molecular complexity index is 2370. The lowest BCUT2D eigenvalue weighted by molar-refractivity contribution is -0.150. The third-order valence-electron chi connectivity index (χ3n) is 9.95. The van der Waals surface area contributed by atoms with E-state index in [0.29, 0.717) is 29.7 Å². The minimum Gasteiger partial charge on any atom is -0.508 e. The minimum absolute atomic E-state index is 0.000493. The van der Waals surface area contributed by atoms with Crippen molar-refractivity contribution in [2.24, 2.45) is 5.16 Å². The Hall–Kier alpha value is -6.71. The van der Waals surface area contributed by atoms with Crippen molar-refractivity contribution in [2.45, 2.75) is 23.4 Å². The zero-order chi connectivity index (χ0) is 39.7. The molecule has 0 spiro atoms. The van der Waals surface area contributed by atoms with Gasteiger partial charge in [-0.25, -0.2) is 9.78 Å². The van der Waals surface area contributed by atoms with E-state index in [9.17, 15) is 29.4 Å². The minimum atomic E-state index is -1.36. The van der Waals surface area contributed by atoms with Crippen LogP contribution in [-0.2, 0) is 29.6 Å². The second-order valence-electron chi connectivity index (χ2n) is 13.3. The van der Waals surface area contributed by atoms with E-state index in [0.717, 1.165) is 32.9 Å². The molecule has 3 amide bonds. The quantitative estimate of drug-likeness (QED) is 0.0405. The maximum absolute atomic E-state index is 14.3. The van der Waals surface area contributed by atoms with Gasteiger partial charge in [0.1, 0.15) is 28.6 Å². The number of allylic oxidation sites excluding steroid dienone is 1. The van der Waals surface area contributed by atoms with Crippen LogP contribution in [0, 0.1) is 0 Å². The van der Waals surface area contributed by atoms with Gasteiger partial charge in [0.15, 0.2) is 10.8 Å². The van der Waals surface area contributed by atoms with Gasteiger partial charge in [-0.15, -0.1) is 23.1 Å². The fourth-order valence-electron chi connectivity index (χ4n) is 7.33. The number of amides is 3. The van der Waals surface area contributed by atoms with Crippen LogP contribution >= 0.6 is 23.1 Å². The summed E-state index contributed by atoms with van der Waals surface area (Å²) >= 11 is 2.35. The summed E-state index contributed by atoms with van der Waals surface area (Å²) in [7, 11) is 0. The molecule has 3 aliphatic heterocycles. The second kappa shape index (κ2) is 15.4. The third-order valence-corrected chi connectivity index (χ3v) is 11.9. The van der Waals surface area contributed by atoms with Gasteiger partial charge in [-0.05, 0) is 29.7 Å². The number of rotatable bonds is 11. The van der Waals surface area contributed by atoms with Crippen molar-refractivity contribution in [3.8, 4) is 5.75 Å². The van der Waals surface area contributed by atoms with Crippen LogP contribution in [-0.4, -0.2) is 73.2 Å². The van der Waals surface area contributed by atoms with Crippen LogP contribution < -0.4 is 16.4 Å². The highest BCUT2D eigenvalue weighted by molar-refractivity contribution is 8.00. The van der Waals surface area contributed by atoms with Crippen LogP contribution in [0.5, 0.6) is 5.75 Å². The fraction of sp³-hybridized carbons (Fsp3) is 0.143. The number of thiazole rings is 1. The lowest BCUT2D eigenvalue weighted by Crippen LogP contribution is -2.71. The Morgan fingerprint density at radius 3 is 2.02 bits per heavy atom. The van der Waals surface area contributed by atoms with Gasteiger partial charge in [-0.1, -0.05) is 108 Å². The summed E-state index contributed by atoms with van der Waals surface area (Å²) in [4.78, 5) is 66.3. The molecular weight excluding hydrogens is 765 g/mol. The van der Waals surface area contributed by atoms with E-state index in [2.05, 4.69) is 20.8 Å². The molecule has 57 heavy (non-hydrogen) atoms. The number of aliphatic carboxylic acids is 1. The highest BCUT2D eigenvalue weighted by Gasteiger charge is 2.55. The second-order valence-corrected chi connectivity index (χ2v) is 15.3. The number of phenolic OH excluding ortho intramolecular Hbond substituents is 1. The van der Waals surface area contributed by atoms with Gasteiger partial charge < -0.3 is 31.4 Å². The Morgan fingerprint density at radius 2 is 1.51 bits per heavy atom. The zero-order valence-electron chi connectivity index (χ0n) is 30.0. The molecule has 2 fully saturated rings. The first-order chi connectivity index (χ1) is 27.7. The topological polar surface area (TPSA) is 197 Å². The van der Waals surface area contributed by atoms with Crippen molar-refractivity contribution in [2.75, 3.05) is 18.0 Å². The molecule has 6 N–H and O–H groups in total. The zero-order valence-corrected chi connectivity index (χ0v) is 31.6. The molecule has 8 rings (SSSR count). The van der Waals surface area contributed by atoms with E-state index in [1.807, 2.05) is 91.0 Å². The summed E-state index contributed by atoms with van der Waals surface area (Å²) in [6, 6.07) is 33.3. The number of nitrogens with one attached hydrogen (secondary N) is 2. The highest BCUT2D eigenvalue weighted by atomic mass is 32.2. The number of carboxylic acids is 1. The molecule has 15 heteroatoms. The number of phenols is 1. The highest BCUT2D eigenvalue weighted by Crippen LogP contribution is 2.46. The van der Waals surface area contributed by atoms with E-state index >= 15 is 0 Å². The number of aromatic nitrogens is 1. The molecule has 2 atom stereocenters. The molecule has 0 radical (unpaired) electrons. The number of nitrogens with zero attached hydrogens (tertiary/aromatic N) is 3.